The molecule has 1 rings (SSSR count). The van der Waals surface area contributed by atoms with Crippen LogP contribution in [0, 0.1) is 15.9 Å². The lowest BCUT2D eigenvalue weighted by Crippen LogP contribution is -2.11. The first-order valence-corrected chi connectivity index (χ1v) is 4.55. The Balaban J connectivity index is 3.31. The number of nitrogens with zero attached hydrogens (tertiary/aromatic N) is 2. The van der Waals surface area contributed by atoms with E-state index in [0.717, 1.165) is 7.11 Å². The van der Waals surface area contributed by atoms with Crippen LogP contribution in [0.15, 0.2) is 6.07 Å². The second-order valence-electron chi connectivity index (χ2n) is 3.14. The molecule has 1 heterocycles. The Morgan fingerprint density at radius 1 is 1.61 bits per heavy atom. The molecule has 9 heteroatoms. The second-order valence-corrected chi connectivity index (χ2v) is 3.14. The number of rotatable bonds is 4. The summed E-state index contributed by atoms with van der Waals surface area (Å²) in [5, 5.41) is 10.5. The number of carbonyl (C=O) groups is 1. The maximum Gasteiger partial charge on any atom is 0.364 e. The lowest BCUT2D eigenvalue weighted by molar-refractivity contribution is -0.389. The summed E-state index contributed by atoms with van der Waals surface area (Å²) < 4.78 is 42.6. The summed E-state index contributed by atoms with van der Waals surface area (Å²) in [7, 11) is 1.01. The molecule has 0 bridgehead atoms. The number of hydrogen-bond acceptors (Lipinski definition) is 5. The lowest BCUT2D eigenvalue weighted by Gasteiger charge is -2.04. The minimum Gasteiger partial charge on any atom is -0.469 e. The van der Waals surface area contributed by atoms with Crippen molar-refractivity contribution in [1.82, 2.24) is 4.98 Å². The molecule has 6 nitrogen and oxygen atoms in total. The Hall–Kier alpha value is -2.19. The smallest absolute Gasteiger partial charge is 0.364 e. The molecule has 0 saturated carbocycles. The van der Waals surface area contributed by atoms with Gasteiger partial charge in [-0.05, 0) is 9.91 Å². The lowest BCUT2D eigenvalue weighted by atomic mass is 10.1. The maximum absolute atomic E-state index is 13.5. The Bertz CT molecular complexity index is 493. The Labute approximate surface area is 98.5 Å². The van der Waals surface area contributed by atoms with Crippen LogP contribution in [0.5, 0.6) is 0 Å². The maximum atomic E-state index is 13.5. The van der Waals surface area contributed by atoms with Crippen molar-refractivity contribution in [1.29, 1.82) is 0 Å². The third kappa shape index (κ3) is 2.93. The van der Waals surface area contributed by atoms with Crippen LogP contribution in [0.4, 0.5) is 19.0 Å². The van der Waals surface area contributed by atoms with Crippen molar-refractivity contribution >= 4 is 11.8 Å². The Morgan fingerprint density at radius 3 is 2.67 bits per heavy atom. The van der Waals surface area contributed by atoms with Gasteiger partial charge in [0, 0.05) is 6.07 Å². The molecule has 0 radical (unpaired) electrons. The number of ether oxygens (including phenoxy) is 1. The summed E-state index contributed by atoms with van der Waals surface area (Å²) in [4.78, 5) is 23.5. The molecule has 98 valence electrons. The quantitative estimate of drug-likeness (QED) is 0.470. The van der Waals surface area contributed by atoms with E-state index in [0.29, 0.717) is 6.07 Å². The van der Waals surface area contributed by atoms with Gasteiger partial charge in [0.15, 0.2) is 11.5 Å². The van der Waals surface area contributed by atoms with Crippen LogP contribution in [0.2, 0.25) is 0 Å². The first-order valence-electron chi connectivity index (χ1n) is 4.55. The van der Waals surface area contributed by atoms with E-state index in [1.54, 1.807) is 0 Å². The highest BCUT2D eigenvalue weighted by Crippen LogP contribution is 2.27. The van der Waals surface area contributed by atoms with Crippen LogP contribution in [0.3, 0.4) is 0 Å². The van der Waals surface area contributed by atoms with Crippen LogP contribution < -0.4 is 0 Å². The van der Waals surface area contributed by atoms with Crippen LogP contribution in [-0.4, -0.2) is 23.0 Å². The van der Waals surface area contributed by atoms with E-state index in [1.165, 1.54) is 0 Å². The highest BCUT2D eigenvalue weighted by atomic mass is 19.3. The number of alkyl halides is 2. The van der Waals surface area contributed by atoms with Gasteiger partial charge in [-0.1, -0.05) is 0 Å². The van der Waals surface area contributed by atoms with Gasteiger partial charge in [-0.2, -0.15) is 0 Å². The van der Waals surface area contributed by atoms with Crippen LogP contribution in [0.1, 0.15) is 17.7 Å². The van der Waals surface area contributed by atoms with E-state index in [-0.39, 0.29) is 0 Å². The van der Waals surface area contributed by atoms with E-state index in [2.05, 4.69) is 9.72 Å². The van der Waals surface area contributed by atoms with Crippen molar-refractivity contribution in [2.45, 2.75) is 12.8 Å². The van der Waals surface area contributed by atoms with Crippen LogP contribution >= 0.6 is 0 Å². The predicted octanol–water partition coefficient (Wildman–Crippen LogP) is 1.78. The van der Waals surface area contributed by atoms with E-state index >= 15 is 0 Å². The van der Waals surface area contributed by atoms with Gasteiger partial charge < -0.3 is 14.9 Å². The van der Waals surface area contributed by atoms with Gasteiger partial charge in [-0.25, -0.2) is 13.2 Å². The molecule has 0 spiro atoms. The van der Waals surface area contributed by atoms with Crippen molar-refractivity contribution in [3.05, 3.63) is 33.3 Å². The van der Waals surface area contributed by atoms with Crippen molar-refractivity contribution in [2.75, 3.05) is 7.11 Å². The molecule has 0 aliphatic carbocycles. The molecule has 18 heavy (non-hydrogen) atoms. The molecular weight excluding hydrogens is 257 g/mol. The number of esters is 1. The fourth-order valence-corrected chi connectivity index (χ4v) is 1.17. The van der Waals surface area contributed by atoms with Gasteiger partial charge in [0.2, 0.25) is 0 Å². The van der Waals surface area contributed by atoms with Crippen LogP contribution in [-0.2, 0) is 16.0 Å². The molecule has 1 aromatic rings. The van der Waals surface area contributed by atoms with E-state index in [1.807, 2.05) is 0 Å². The van der Waals surface area contributed by atoms with E-state index < -0.39 is 46.6 Å². The van der Waals surface area contributed by atoms with Crippen molar-refractivity contribution in [3.8, 4) is 0 Å². The minimum atomic E-state index is -3.25. The fraction of sp³-hybridized carbons (Fsp3) is 0.333. The molecular formula is C9H7F3N2O4. The van der Waals surface area contributed by atoms with Gasteiger partial charge in [-0.15, -0.1) is 0 Å². The summed E-state index contributed by atoms with van der Waals surface area (Å²) in [6, 6.07) is 0.334. The monoisotopic (exact) mass is 264 g/mol. The summed E-state index contributed by atoms with van der Waals surface area (Å²) in [5.74, 6) is -3.34. The number of halogens is 3. The first kappa shape index (κ1) is 13.9. The fourth-order valence-electron chi connectivity index (χ4n) is 1.17. The molecule has 0 amide bonds. The van der Waals surface area contributed by atoms with Gasteiger partial charge in [0.05, 0.1) is 12.7 Å². The number of aromatic nitrogens is 1. The largest absolute Gasteiger partial charge is 0.469 e. The molecule has 0 N–H and O–H groups in total. The summed E-state index contributed by atoms with van der Waals surface area (Å²) in [6.07, 6.45) is -4.01. The van der Waals surface area contributed by atoms with E-state index in [4.69, 9.17) is 0 Å². The van der Waals surface area contributed by atoms with Gasteiger partial charge in [-0.3, -0.25) is 4.79 Å². The molecule has 0 aliphatic rings. The number of nitro groups is 1. The molecule has 0 aromatic carbocycles. The highest BCUT2D eigenvalue weighted by Gasteiger charge is 2.27. The average molecular weight is 264 g/mol. The number of methoxy groups -OCH3 is 1. The zero-order chi connectivity index (χ0) is 13.9. The number of pyridine rings is 1. The summed E-state index contributed by atoms with van der Waals surface area (Å²) in [6.45, 7) is 0. The first-order chi connectivity index (χ1) is 8.36. The highest BCUT2D eigenvalue weighted by molar-refractivity contribution is 5.72. The zero-order valence-corrected chi connectivity index (χ0v) is 9.02. The van der Waals surface area contributed by atoms with Gasteiger partial charge in [0.25, 0.3) is 6.43 Å². The Morgan fingerprint density at radius 2 is 2.22 bits per heavy atom. The standard InChI is InChI=1S/C9H7F3N2O4/c1-18-7(15)3-5-8(10)4(9(11)12)2-6(13-5)14(16)17/h2,9H,3H2,1H3. The third-order valence-corrected chi connectivity index (χ3v) is 2.00. The number of carbonyl (C=O) groups excluding carboxylic acids is 1. The molecule has 0 saturated heterocycles. The predicted molar refractivity (Wildman–Crippen MR) is 51.5 cm³/mol. The third-order valence-electron chi connectivity index (χ3n) is 2.00. The molecule has 0 aliphatic heterocycles. The van der Waals surface area contributed by atoms with E-state index in [9.17, 15) is 28.1 Å². The van der Waals surface area contributed by atoms with Gasteiger partial charge in [0.1, 0.15) is 6.42 Å². The normalized spacial score (nSPS) is 10.5. The van der Waals surface area contributed by atoms with Crippen molar-refractivity contribution < 1.29 is 27.6 Å². The van der Waals surface area contributed by atoms with Crippen molar-refractivity contribution in [3.63, 3.8) is 0 Å². The molecule has 0 unspecified atom stereocenters. The minimum absolute atomic E-state index is 0.334. The summed E-state index contributed by atoms with van der Waals surface area (Å²) in [5.41, 5.74) is -1.91. The molecule has 0 fully saturated rings. The molecule has 0 atom stereocenters. The zero-order valence-electron chi connectivity index (χ0n) is 9.02. The SMILES string of the molecule is COC(=O)Cc1nc([N+](=O)[O-])cc(C(F)F)c1F. The Kier molecular flexibility index (Phi) is 4.18. The van der Waals surface area contributed by atoms with Gasteiger partial charge >= 0.3 is 11.8 Å². The number of hydrogen-bond donors (Lipinski definition) is 0. The summed E-state index contributed by atoms with van der Waals surface area (Å²) >= 11 is 0. The van der Waals surface area contributed by atoms with Crippen molar-refractivity contribution in [2.24, 2.45) is 0 Å². The second kappa shape index (κ2) is 5.43. The average Bonchev–Trinajstić information content (AvgIpc) is 2.30. The molecule has 1 aromatic heterocycles. The van der Waals surface area contributed by atoms with Crippen LogP contribution in [0.25, 0.3) is 0 Å². The topological polar surface area (TPSA) is 82.3 Å².